The molecule has 1 rings (SSSR count). The van der Waals surface area contributed by atoms with Gasteiger partial charge in [-0.3, -0.25) is 0 Å². The van der Waals surface area contributed by atoms with E-state index in [2.05, 4.69) is 20.7 Å². The van der Waals surface area contributed by atoms with E-state index in [1.165, 1.54) is 20.3 Å². The summed E-state index contributed by atoms with van der Waals surface area (Å²) in [7, 11) is 2.65. The Morgan fingerprint density at radius 2 is 2.12 bits per heavy atom. The van der Waals surface area contributed by atoms with Crippen LogP contribution in [0.3, 0.4) is 0 Å². The molecule has 0 heterocycles. The van der Waals surface area contributed by atoms with Crippen molar-refractivity contribution in [1.82, 2.24) is 0 Å². The molecular weight excluding hydrogens is 283 g/mol. The van der Waals surface area contributed by atoms with E-state index in [0.717, 1.165) is 6.07 Å². The van der Waals surface area contributed by atoms with Gasteiger partial charge in [0.25, 0.3) is 0 Å². The third kappa shape index (κ3) is 2.93. The Balaban J connectivity index is 3.15. The van der Waals surface area contributed by atoms with Crippen LogP contribution in [0.4, 0.5) is 4.39 Å². The van der Waals surface area contributed by atoms with Gasteiger partial charge in [-0.15, -0.1) is 0 Å². The first kappa shape index (κ1) is 12.9. The quantitative estimate of drug-likeness (QED) is 0.631. The van der Waals surface area contributed by atoms with Crippen LogP contribution in [-0.4, -0.2) is 27.0 Å². The zero-order valence-corrected chi connectivity index (χ0v) is 10.3. The molecule has 1 aromatic carbocycles. The summed E-state index contributed by atoms with van der Waals surface area (Å²) in [6.45, 7) is -0.0474. The summed E-state index contributed by atoms with van der Waals surface area (Å²) in [5.74, 6) is -1.04. The van der Waals surface area contributed by atoms with Gasteiger partial charge in [0.05, 0.1) is 11.6 Å². The van der Waals surface area contributed by atoms with Crippen molar-refractivity contribution in [2.24, 2.45) is 0 Å². The van der Waals surface area contributed by atoms with Crippen LogP contribution in [0.25, 0.3) is 0 Å². The Morgan fingerprint density at radius 1 is 1.44 bits per heavy atom. The number of carbonyl (C=O) groups is 1. The van der Waals surface area contributed by atoms with Crippen LogP contribution in [0.2, 0.25) is 0 Å². The van der Waals surface area contributed by atoms with Crippen LogP contribution in [0.1, 0.15) is 10.4 Å². The Kier molecular flexibility index (Phi) is 4.70. The summed E-state index contributed by atoms with van der Waals surface area (Å²) in [5, 5.41) is 0. The summed E-state index contributed by atoms with van der Waals surface area (Å²) in [6, 6.07) is 2.24. The molecule has 1 aromatic rings. The van der Waals surface area contributed by atoms with Gasteiger partial charge in [0.1, 0.15) is 11.4 Å². The first-order valence-corrected chi connectivity index (χ1v) is 5.08. The Hall–Kier alpha value is -1.14. The van der Waals surface area contributed by atoms with Crippen molar-refractivity contribution in [3.63, 3.8) is 0 Å². The summed E-state index contributed by atoms with van der Waals surface area (Å²) in [5.41, 5.74) is 0.00595. The fourth-order valence-corrected chi connectivity index (χ4v) is 1.63. The molecule has 0 saturated heterocycles. The van der Waals surface area contributed by atoms with Crippen molar-refractivity contribution in [2.45, 2.75) is 0 Å². The Bertz CT molecular complexity index is 395. The van der Waals surface area contributed by atoms with E-state index >= 15 is 0 Å². The number of ether oxygens (including phenoxy) is 3. The van der Waals surface area contributed by atoms with Crippen LogP contribution >= 0.6 is 15.9 Å². The monoisotopic (exact) mass is 292 g/mol. The number of carbonyl (C=O) groups excluding carboxylic acids is 1. The highest BCUT2D eigenvalue weighted by molar-refractivity contribution is 9.10. The lowest BCUT2D eigenvalue weighted by Gasteiger charge is -2.11. The van der Waals surface area contributed by atoms with Crippen LogP contribution in [0, 0.1) is 5.82 Å². The topological polar surface area (TPSA) is 44.8 Å². The highest BCUT2D eigenvalue weighted by atomic mass is 79.9. The van der Waals surface area contributed by atoms with E-state index in [1.807, 2.05) is 0 Å². The van der Waals surface area contributed by atoms with Crippen LogP contribution in [0.15, 0.2) is 16.6 Å². The second-order valence-corrected chi connectivity index (χ2v) is 3.66. The molecule has 0 aliphatic carbocycles. The lowest BCUT2D eigenvalue weighted by atomic mass is 10.2. The van der Waals surface area contributed by atoms with Crippen molar-refractivity contribution in [2.75, 3.05) is 21.0 Å². The van der Waals surface area contributed by atoms with Gasteiger partial charge in [-0.05, 0) is 28.1 Å². The van der Waals surface area contributed by atoms with Gasteiger partial charge in [0.15, 0.2) is 12.5 Å². The zero-order valence-electron chi connectivity index (χ0n) is 8.75. The van der Waals surface area contributed by atoms with Gasteiger partial charge < -0.3 is 14.2 Å². The molecular formula is C10H10BrFO4. The van der Waals surface area contributed by atoms with Crippen molar-refractivity contribution < 1.29 is 23.4 Å². The smallest absolute Gasteiger partial charge is 0.341 e. The van der Waals surface area contributed by atoms with Gasteiger partial charge in [0.2, 0.25) is 0 Å². The van der Waals surface area contributed by atoms with Crippen LogP contribution in [-0.2, 0) is 9.47 Å². The van der Waals surface area contributed by atoms with Gasteiger partial charge in [0, 0.05) is 7.11 Å². The summed E-state index contributed by atoms with van der Waals surface area (Å²) in [4.78, 5) is 11.4. The second kappa shape index (κ2) is 5.81. The summed E-state index contributed by atoms with van der Waals surface area (Å²) < 4.78 is 27.8. The first-order valence-electron chi connectivity index (χ1n) is 4.29. The minimum absolute atomic E-state index is 0.00595. The largest absolute Gasteiger partial charge is 0.465 e. The van der Waals surface area contributed by atoms with E-state index in [0.29, 0.717) is 4.47 Å². The lowest BCUT2D eigenvalue weighted by molar-refractivity contribution is 0.0459. The van der Waals surface area contributed by atoms with Crippen molar-refractivity contribution in [3.05, 3.63) is 28.0 Å². The molecule has 0 spiro atoms. The maximum absolute atomic E-state index is 13.1. The van der Waals surface area contributed by atoms with E-state index in [1.54, 1.807) is 0 Å². The molecule has 0 aromatic heterocycles. The van der Waals surface area contributed by atoms with Crippen molar-refractivity contribution in [1.29, 1.82) is 0 Å². The number of hydrogen-bond donors (Lipinski definition) is 0. The molecule has 0 fully saturated rings. The third-order valence-electron chi connectivity index (χ3n) is 1.73. The molecule has 0 atom stereocenters. The molecule has 0 aliphatic rings. The number of esters is 1. The molecule has 0 N–H and O–H groups in total. The zero-order chi connectivity index (χ0) is 12.1. The molecule has 0 radical (unpaired) electrons. The number of benzene rings is 1. The normalized spacial score (nSPS) is 10.0. The minimum atomic E-state index is -0.675. The van der Waals surface area contributed by atoms with Gasteiger partial charge >= 0.3 is 5.97 Å². The van der Waals surface area contributed by atoms with Crippen LogP contribution in [0.5, 0.6) is 5.75 Å². The average Bonchev–Trinajstić information content (AvgIpc) is 2.26. The number of methoxy groups -OCH3 is 2. The maximum Gasteiger partial charge on any atom is 0.341 e. The lowest BCUT2D eigenvalue weighted by Crippen LogP contribution is -2.08. The predicted octanol–water partition coefficient (Wildman–Crippen LogP) is 2.36. The van der Waals surface area contributed by atoms with Gasteiger partial charge in [-0.2, -0.15) is 0 Å². The standard InChI is InChI=1S/C10H10BrFO4/c1-14-5-16-9-7(10(13)15-2)3-6(12)4-8(9)11/h3-4H,5H2,1-2H3. The van der Waals surface area contributed by atoms with E-state index in [-0.39, 0.29) is 18.1 Å². The molecule has 4 nitrogen and oxygen atoms in total. The minimum Gasteiger partial charge on any atom is -0.465 e. The third-order valence-corrected chi connectivity index (χ3v) is 2.32. The van der Waals surface area contributed by atoms with E-state index in [4.69, 9.17) is 9.47 Å². The number of hydrogen-bond acceptors (Lipinski definition) is 4. The molecule has 16 heavy (non-hydrogen) atoms. The van der Waals surface area contributed by atoms with E-state index in [9.17, 15) is 9.18 Å². The molecule has 0 bridgehead atoms. The molecule has 0 aliphatic heterocycles. The molecule has 0 amide bonds. The summed E-state index contributed by atoms with van der Waals surface area (Å²) in [6.07, 6.45) is 0. The average molecular weight is 293 g/mol. The Labute approximate surface area is 100 Å². The van der Waals surface area contributed by atoms with Crippen LogP contribution < -0.4 is 4.74 Å². The number of rotatable bonds is 4. The highest BCUT2D eigenvalue weighted by Gasteiger charge is 2.18. The molecule has 0 saturated carbocycles. The SMILES string of the molecule is COCOc1c(Br)cc(F)cc1C(=O)OC. The van der Waals surface area contributed by atoms with Crippen molar-refractivity contribution >= 4 is 21.9 Å². The van der Waals surface area contributed by atoms with Gasteiger partial charge in [-0.1, -0.05) is 0 Å². The van der Waals surface area contributed by atoms with Gasteiger partial charge in [-0.25, -0.2) is 9.18 Å². The Morgan fingerprint density at radius 3 is 2.69 bits per heavy atom. The maximum atomic E-state index is 13.1. The number of halogens is 2. The fraction of sp³-hybridized carbons (Fsp3) is 0.300. The van der Waals surface area contributed by atoms with Crippen molar-refractivity contribution in [3.8, 4) is 5.75 Å². The molecule has 6 heteroatoms. The van der Waals surface area contributed by atoms with E-state index < -0.39 is 11.8 Å². The highest BCUT2D eigenvalue weighted by Crippen LogP contribution is 2.31. The summed E-state index contributed by atoms with van der Waals surface area (Å²) >= 11 is 3.10. The fourth-order valence-electron chi connectivity index (χ4n) is 1.09. The molecule has 88 valence electrons. The molecule has 0 unspecified atom stereocenters. The second-order valence-electron chi connectivity index (χ2n) is 2.81. The predicted molar refractivity (Wildman–Crippen MR) is 57.9 cm³/mol. The first-order chi connectivity index (χ1) is 7.60.